The van der Waals surface area contributed by atoms with Gasteiger partial charge in [-0.1, -0.05) is 37.6 Å². The van der Waals surface area contributed by atoms with Crippen molar-refractivity contribution in [2.75, 3.05) is 9.44 Å². The van der Waals surface area contributed by atoms with Crippen LogP contribution >= 0.6 is 11.6 Å². The fourth-order valence-electron chi connectivity index (χ4n) is 2.92. The van der Waals surface area contributed by atoms with Gasteiger partial charge in [0.05, 0.1) is 9.79 Å². The minimum Gasteiger partial charge on any atom is -0.280 e. The largest absolute Gasteiger partial charge is 0.280 e. The Morgan fingerprint density at radius 1 is 0.677 bits per heavy atom. The summed E-state index contributed by atoms with van der Waals surface area (Å²) < 4.78 is 55.2. The lowest BCUT2D eigenvalue weighted by molar-refractivity contribution is 0.600. The van der Waals surface area contributed by atoms with Crippen molar-refractivity contribution in [1.29, 1.82) is 0 Å². The molecule has 0 aliphatic heterocycles. The van der Waals surface area contributed by atoms with E-state index in [-0.39, 0.29) is 15.5 Å². The third kappa shape index (κ3) is 6.22. The molecular formula is C22H23ClN2O4S2. The zero-order valence-corrected chi connectivity index (χ0v) is 19.4. The number of nitrogens with one attached hydrogen (secondary N) is 2. The zero-order chi connectivity index (χ0) is 22.6. The van der Waals surface area contributed by atoms with Gasteiger partial charge in [0.15, 0.2) is 0 Å². The van der Waals surface area contributed by atoms with E-state index < -0.39 is 20.0 Å². The molecule has 9 heteroatoms. The van der Waals surface area contributed by atoms with Crippen molar-refractivity contribution in [3.63, 3.8) is 0 Å². The van der Waals surface area contributed by atoms with Gasteiger partial charge in [-0.3, -0.25) is 9.44 Å². The predicted octanol–water partition coefficient (Wildman–Crippen LogP) is 5.14. The van der Waals surface area contributed by atoms with E-state index in [1.54, 1.807) is 48.5 Å². The molecule has 0 bridgehead atoms. The summed E-state index contributed by atoms with van der Waals surface area (Å²) in [7, 11) is -7.61. The lowest BCUT2D eigenvalue weighted by Crippen LogP contribution is -2.14. The molecule has 3 aromatic rings. The maximum absolute atomic E-state index is 12.6. The third-order valence-electron chi connectivity index (χ3n) is 4.39. The molecule has 0 aliphatic carbocycles. The second-order valence-corrected chi connectivity index (χ2v) is 11.3. The maximum Gasteiger partial charge on any atom is 0.261 e. The molecule has 0 fully saturated rings. The van der Waals surface area contributed by atoms with Gasteiger partial charge in [0.25, 0.3) is 20.0 Å². The van der Waals surface area contributed by atoms with E-state index in [4.69, 9.17) is 11.6 Å². The lowest BCUT2D eigenvalue weighted by atomic mass is 10.0. The SMILES string of the molecule is CC(C)Cc1ccc(S(=O)(=O)Nc2ccc(S(=O)(=O)Nc3ccc(Cl)cc3)cc2)cc1. The molecular weight excluding hydrogens is 456 g/mol. The second kappa shape index (κ2) is 9.30. The first kappa shape index (κ1) is 23.1. The van der Waals surface area contributed by atoms with Gasteiger partial charge in [0.2, 0.25) is 0 Å². The number of anilines is 2. The highest BCUT2D eigenvalue weighted by molar-refractivity contribution is 7.93. The summed E-state index contributed by atoms with van der Waals surface area (Å²) in [5.74, 6) is 0.476. The van der Waals surface area contributed by atoms with Crippen LogP contribution in [-0.4, -0.2) is 16.8 Å². The first-order valence-corrected chi connectivity index (χ1v) is 12.9. The fraction of sp³-hybridized carbons (Fsp3) is 0.182. The first-order valence-electron chi connectivity index (χ1n) is 9.55. The smallest absolute Gasteiger partial charge is 0.261 e. The molecule has 0 unspecified atom stereocenters. The minimum absolute atomic E-state index is 0.00318. The Kier molecular flexibility index (Phi) is 6.93. The summed E-state index contributed by atoms with van der Waals surface area (Å²) in [6.45, 7) is 4.20. The Bertz CT molecular complexity index is 1240. The van der Waals surface area contributed by atoms with E-state index in [1.165, 1.54) is 24.3 Å². The van der Waals surface area contributed by atoms with Crippen LogP contribution in [0.25, 0.3) is 0 Å². The molecule has 0 aliphatic rings. The highest BCUT2D eigenvalue weighted by atomic mass is 35.5. The van der Waals surface area contributed by atoms with Crippen LogP contribution in [0, 0.1) is 5.92 Å². The molecule has 3 aromatic carbocycles. The van der Waals surface area contributed by atoms with Crippen LogP contribution in [0.4, 0.5) is 11.4 Å². The van der Waals surface area contributed by atoms with Crippen molar-refractivity contribution in [1.82, 2.24) is 0 Å². The molecule has 0 amide bonds. The van der Waals surface area contributed by atoms with Crippen molar-refractivity contribution < 1.29 is 16.8 Å². The molecule has 0 heterocycles. The van der Waals surface area contributed by atoms with Crippen LogP contribution in [0.3, 0.4) is 0 Å². The van der Waals surface area contributed by atoms with Gasteiger partial charge >= 0.3 is 0 Å². The van der Waals surface area contributed by atoms with E-state index in [0.717, 1.165) is 12.0 Å². The lowest BCUT2D eigenvalue weighted by Gasteiger charge is -2.11. The van der Waals surface area contributed by atoms with Gasteiger partial charge in [0, 0.05) is 16.4 Å². The van der Waals surface area contributed by atoms with Gasteiger partial charge in [-0.2, -0.15) is 0 Å². The molecule has 164 valence electrons. The van der Waals surface area contributed by atoms with Crippen molar-refractivity contribution in [2.45, 2.75) is 30.1 Å². The van der Waals surface area contributed by atoms with Crippen LogP contribution < -0.4 is 9.44 Å². The van der Waals surface area contributed by atoms with E-state index in [2.05, 4.69) is 23.3 Å². The highest BCUT2D eigenvalue weighted by Crippen LogP contribution is 2.22. The molecule has 0 radical (unpaired) electrons. The normalized spacial score (nSPS) is 12.0. The molecule has 3 rings (SSSR count). The minimum atomic E-state index is -3.82. The van der Waals surface area contributed by atoms with Crippen LogP contribution in [0.15, 0.2) is 82.6 Å². The van der Waals surface area contributed by atoms with Crippen LogP contribution in [0.1, 0.15) is 19.4 Å². The third-order valence-corrected chi connectivity index (χ3v) is 7.44. The average molecular weight is 479 g/mol. The van der Waals surface area contributed by atoms with Crippen LogP contribution in [-0.2, 0) is 26.5 Å². The summed E-state index contributed by atoms with van der Waals surface area (Å²) in [5, 5.41) is 0.495. The van der Waals surface area contributed by atoms with E-state index in [9.17, 15) is 16.8 Å². The average Bonchev–Trinajstić information content (AvgIpc) is 2.70. The van der Waals surface area contributed by atoms with Gasteiger partial charge < -0.3 is 0 Å². The first-order chi connectivity index (χ1) is 14.5. The zero-order valence-electron chi connectivity index (χ0n) is 17.0. The monoisotopic (exact) mass is 478 g/mol. The van der Waals surface area contributed by atoms with Crippen molar-refractivity contribution in [3.05, 3.63) is 83.4 Å². The van der Waals surface area contributed by atoms with Crippen molar-refractivity contribution in [3.8, 4) is 0 Å². The summed E-state index contributed by atoms with van der Waals surface area (Å²) in [4.78, 5) is 0.143. The Balaban J connectivity index is 1.72. The van der Waals surface area contributed by atoms with Gasteiger partial charge in [-0.25, -0.2) is 16.8 Å². The molecule has 2 N–H and O–H groups in total. The van der Waals surface area contributed by atoms with Crippen LogP contribution in [0.5, 0.6) is 0 Å². The number of sulfonamides is 2. The van der Waals surface area contributed by atoms with E-state index >= 15 is 0 Å². The van der Waals surface area contributed by atoms with Crippen molar-refractivity contribution >= 4 is 43.0 Å². The van der Waals surface area contributed by atoms with E-state index in [0.29, 0.717) is 16.6 Å². The summed E-state index contributed by atoms with van der Waals surface area (Å²) in [5.41, 5.74) is 1.70. The molecule has 6 nitrogen and oxygen atoms in total. The summed E-state index contributed by atoms with van der Waals surface area (Å²) in [6, 6.07) is 18.5. The molecule has 0 spiro atoms. The molecule has 0 aromatic heterocycles. The Labute approximate surface area is 188 Å². The Morgan fingerprint density at radius 2 is 1.06 bits per heavy atom. The predicted molar refractivity (Wildman–Crippen MR) is 124 cm³/mol. The molecule has 0 atom stereocenters. The molecule has 0 saturated heterocycles. The highest BCUT2D eigenvalue weighted by Gasteiger charge is 2.17. The number of hydrogen-bond acceptors (Lipinski definition) is 4. The Hall–Kier alpha value is -2.55. The molecule has 0 saturated carbocycles. The number of benzene rings is 3. The summed E-state index contributed by atoms with van der Waals surface area (Å²) >= 11 is 5.81. The number of halogens is 1. The van der Waals surface area contributed by atoms with E-state index in [1.807, 2.05) is 0 Å². The molecule has 31 heavy (non-hydrogen) atoms. The topological polar surface area (TPSA) is 92.3 Å². The Morgan fingerprint density at radius 3 is 1.48 bits per heavy atom. The van der Waals surface area contributed by atoms with Crippen molar-refractivity contribution in [2.24, 2.45) is 5.92 Å². The van der Waals surface area contributed by atoms with Crippen LogP contribution in [0.2, 0.25) is 5.02 Å². The standard InChI is InChI=1S/C22H23ClN2O4S2/c1-16(2)15-17-3-11-21(12-4-17)30(26,27)25-20-9-13-22(14-10-20)31(28,29)24-19-7-5-18(23)6-8-19/h3-14,16,24-25H,15H2,1-2H3. The van der Waals surface area contributed by atoms with Gasteiger partial charge in [-0.15, -0.1) is 0 Å². The summed E-state index contributed by atoms with van der Waals surface area (Å²) in [6.07, 6.45) is 0.869. The maximum atomic E-state index is 12.6. The number of rotatable bonds is 8. The van der Waals surface area contributed by atoms with Gasteiger partial charge in [0.1, 0.15) is 0 Å². The fourth-order valence-corrected chi connectivity index (χ4v) is 5.17. The second-order valence-electron chi connectivity index (χ2n) is 7.48. The number of hydrogen-bond donors (Lipinski definition) is 2. The van der Waals surface area contributed by atoms with Gasteiger partial charge in [-0.05, 0) is 78.6 Å². The quantitative estimate of drug-likeness (QED) is 0.468.